The summed E-state index contributed by atoms with van der Waals surface area (Å²) in [4.78, 5) is 4.12. The van der Waals surface area contributed by atoms with Crippen molar-refractivity contribution in [3.05, 3.63) is 29.8 Å². The van der Waals surface area contributed by atoms with Crippen LogP contribution in [0.2, 0.25) is 0 Å². The molecule has 0 amide bonds. The van der Waals surface area contributed by atoms with E-state index in [-0.39, 0.29) is 5.56 Å². The maximum Gasteiger partial charge on any atom is 0.183 e. The molecule has 1 N–H and O–H groups in total. The zero-order chi connectivity index (χ0) is 17.0. The van der Waals surface area contributed by atoms with Gasteiger partial charge >= 0.3 is 0 Å². The molecule has 1 saturated carbocycles. The number of halogens is 4. The summed E-state index contributed by atoms with van der Waals surface area (Å²) in [7, 11) is 0. The maximum absolute atomic E-state index is 14.1. The largest absolute Gasteiger partial charge is 0.271 e. The van der Waals surface area contributed by atoms with Gasteiger partial charge in [-0.2, -0.15) is 5.26 Å². The Bertz CT molecular complexity index is 605. The fourth-order valence-electron chi connectivity index (χ4n) is 2.56. The lowest BCUT2D eigenvalue weighted by Crippen LogP contribution is -2.43. The van der Waals surface area contributed by atoms with Gasteiger partial charge in [-0.3, -0.25) is 5.32 Å². The number of benzene rings is 1. The van der Waals surface area contributed by atoms with Crippen LogP contribution in [-0.4, -0.2) is 36.1 Å². The number of amidine groups is 1. The Balaban J connectivity index is 2.33. The van der Waals surface area contributed by atoms with Gasteiger partial charge in [0, 0.05) is 6.42 Å². The second-order valence-electron chi connectivity index (χ2n) is 5.14. The second kappa shape index (κ2) is 7.68. The van der Waals surface area contributed by atoms with Gasteiger partial charge in [0.2, 0.25) is 0 Å². The first kappa shape index (κ1) is 17.6. The first-order valence-corrected chi connectivity index (χ1v) is 8.14. The predicted octanol–water partition coefficient (Wildman–Crippen LogP) is 3.95. The Morgan fingerprint density at radius 1 is 1.26 bits per heavy atom. The van der Waals surface area contributed by atoms with Crippen LogP contribution in [0, 0.1) is 11.5 Å². The van der Waals surface area contributed by atoms with Crippen molar-refractivity contribution in [2.75, 3.05) is 6.26 Å². The molecule has 0 spiro atoms. The molecule has 0 radical (unpaired) electrons. The molecule has 1 aromatic carbocycles. The average Bonchev–Trinajstić information content (AvgIpc) is 2.53. The van der Waals surface area contributed by atoms with E-state index in [4.69, 9.17) is 5.26 Å². The van der Waals surface area contributed by atoms with E-state index in [2.05, 4.69) is 10.3 Å². The lowest BCUT2D eigenvalue weighted by Gasteiger charge is -2.34. The Kier molecular flexibility index (Phi) is 5.88. The van der Waals surface area contributed by atoms with Crippen LogP contribution in [0.3, 0.4) is 0 Å². The smallest absolute Gasteiger partial charge is 0.183 e. The molecule has 1 fully saturated rings. The van der Waals surface area contributed by atoms with Gasteiger partial charge in [0.25, 0.3) is 0 Å². The normalized spacial score (nSPS) is 31.5. The van der Waals surface area contributed by atoms with Crippen molar-refractivity contribution in [3.8, 4) is 6.19 Å². The lowest BCUT2D eigenvalue weighted by molar-refractivity contribution is -0.00569. The third kappa shape index (κ3) is 3.96. The van der Waals surface area contributed by atoms with Crippen molar-refractivity contribution in [1.82, 2.24) is 5.32 Å². The summed E-state index contributed by atoms with van der Waals surface area (Å²) in [6.07, 6.45) is -5.61. The van der Waals surface area contributed by atoms with Gasteiger partial charge < -0.3 is 0 Å². The molecular formula is C15H15F4N3S. The van der Waals surface area contributed by atoms with Gasteiger partial charge in [0.05, 0.1) is 11.6 Å². The number of rotatable bonds is 2. The number of nitrogens with one attached hydrogen (secondary N) is 1. The van der Waals surface area contributed by atoms with Crippen LogP contribution in [0.5, 0.6) is 0 Å². The first-order chi connectivity index (χ1) is 11.0. The van der Waals surface area contributed by atoms with Crippen LogP contribution >= 0.6 is 11.8 Å². The van der Waals surface area contributed by atoms with Crippen LogP contribution in [0.25, 0.3) is 0 Å². The zero-order valence-corrected chi connectivity index (χ0v) is 13.0. The fourth-order valence-corrected chi connectivity index (χ4v) is 2.90. The quantitative estimate of drug-likeness (QED) is 0.290. The molecule has 1 aromatic rings. The highest BCUT2D eigenvalue weighted by molar-refractivity contribution is 8.13. The van der Waals surface area contributed by atoms with E-state index < -0.39 is 37.0 Å². The Hall–Kier alpha value is -1.75. The minimum Gasteiger partial charge on any atom is -0.271 e. The van der Waals surface area contributed by atoms with Crippen LogP contribution in [0.1, 0.15) is 17.9 Å². The van der Waals surface area contributed by atoms with E-state index in [1.54, 1.807) is 18.5 Å². The molecule has 124 valence electrons. The van der Waals surface area contributed by atoms with E-state index in [0.717, 1.165) is 0 Å². The van der Waals surface area contributed by atoms with Crippen molar-refractivity contribution in [3.63, 3.8) is 0 Å². The third-order valence-corrected chi connectivity index (χ3v) is 4.25. The van der Waals surface area contributed by atoms with Crippen molar-refractivity contribution in [2.45, 2.75) is 37.0 Å². The number of hydrogen-bond donors (Lipinski definition) is 1. The Morgan fingerprint density at radius 3 is 2.48 bits per heavy atom. The summed E-state index contributed by atoms with van der Waals surface area (Å²) in [5.41, 5.74) is 0.485. The number of alkyl halides is 4. The van der Waals surface area contributed by atoms with E-state index in [0.29, 0.717) is 10.9 Å². The topological polar surface area (TPSA) is 48.2 Å². The molecule has 4 unspecified atom stereocenters. The van der Waals surface area contributed by atoms with Crippen molar-refractivity contribution >= 4 is 22.6 Å². The van der Waals surface area contributed by atoms with E-state index in [9.17, 15) is 17.6 Å². The summed E-state index contributed by atoms with van der Waals surface area (Å²) in [6.45, 7) is 0. The minimum atomic E-state index is -2.10. The standard InChI is InChI=1S/C15H15F4N3S/c1-23-15(21-7-20)22-9-4-2-3-8(5-9)12-13(18)10(16)6-11(17)14(12)19/h2-5,10-14H,6H2,1H3,(H,21,22). The number of thioether (sulfide) groups is 1. The van der Waals surface area contributed by atoms with E-state index in [1.807, 2.05) is 0 Å². The van der Waals surface area contributed by atoms with Crippen LogP contribution in [0.15, 0.2) is 29.3 Å². The van der Waals surface area contributed by atoms with Crippen molar-refractivity contribution in [2.24, 2.45) is 4.99 Å². The molecule has 0 saturated heterocycles. The van der Waals surface area contributed by atoms with E-state index in [1.165, 1.54) is 30.0 Å². The fraction of sp³-hybridized carbons (Fsp3) is 0.467. The lowest BCUT2D eigenvalue weighted by atomic mass is 9.79. The summed E-state index contributed by atoms with van der Waals surface area (Å²) >= 11 is 1.18. The maximum atomic E-state index is 14.1. The SMILES string of the molecule is CSC(=Nc1cccc(C2C(F)C(F)CC(F)C2F)c1)NC#N. The number of nitriles is 1. The van der Waals surface area contributed by atoms with E-state index >= 15 is 0 Å². The van der Waals surface area contributed by atoms with Gasteiger partial charge in [0.15, 0.2) is 11.4 Å². The molecule has 0 heterocycles. The van der Waals surface area contributed by atoms with Gasteiger partial charge in [-0.25, -0.2) is 22.6 Å². The molecular weight excluding hydrogens is 330 g/mol. The minimum absolute atomic E-state index is 0.147. The number of nitrogens with zero attached hydrogens (tertiary/aromatic N) is 2. The van der Waals surface area contributed by atoms with Crippen LogP contribution < -0.4 is 5.32 Å². The molecule has 4 atom stereocenters. The van der Waals surface area contributed by atoms with Crippen molar-refractivity contribution in [1.29, 1.82) is 5.26 Å². The number of aliphatic imine (C=N–C) groups is 1. The zero-order valence-electron chi connectivity index (χ0n) is 12.2. The molecule has 0 aliphatic heterocycles. The molecule has 23 heavy (non-hydrogen) atoms. The van der Waals surface area contributed by atoms with Gasteiger partial charge in [-0.05, 0) is 24.0 Å². The molecule has 0 aromatic heterocycles. The van der Waals surface area contributed by atoms with Crippen LogP contribution in [-0.2, 0) is 0 Å². The number of hydrogen-bond acceptors (Lipinski definition) is 3. The predicted molar refractivity (Wildman–Crippen MR) is 82.7 cm³/mol. The molecule has 0 bridgehead atoms. The Labute approximate surface area is 135 Å². The summed E-state index contributed by atoms with van der Waals surface area (Å²) < 4.78 is 55.2. The molecule has 1 aliphatic carbocycles. The summed E-state index contributed by atoms with van der Waals surface area (Å²) in [5, 5.41) is 11.3. The van der Waals surface area contributed by atoms with Gasteiger partial charge in [-0.1, -0.05) is 23.9 Å². The van der Waals surface area contributed by atoms with Crippen molar-refractivity contribution < 1.29 is 17.6 Å². The second-order valence-corrected chi connectivity index (χ2v) is 5.93. The average molecular weight is 345 g/mol. The molecule has 3 nitrogen and oxygen atoms in total. The third-order valence-electron chi connectivity index (χ3n) is 3.67. The highest BCUT2D eigenvalue weighted by atomic mass is 32.2. The van der Waals surface area contributed by atoms with Crippen LogP contribution in [0.4, 0.5) is 23.2 Å². The monoisotopic (exact) mass is 345 g/mol. The van der Waals surface area contributed by atoms with Gasteiger partial charge in [0.1, 0.15) is 24.7 Å². The first-order valence-electron chi connectivity index (χ1n) is 6.92. The highest BCUT2D eigenvalue weighted by Crippen LogP contribution is 2.41. The Morgan fingerprint density at radius 2 is 1.91 bits per heavy atom. The summed E-state index contributed by atoms with van der Waals surface area (Å²) in [5.74, 6) is -1.51. The summed E-state index contributed by atoms with van der Waals surface area (Å²) in [6, 6.07) is 5.88. The highest BCUT2D eigenvalue weighted by Gasteiger charge is 2.47. The molecule has 1 aliphatic rings. The van der Waals surface area contributed by atoms with Gasteiger partial charge in [-0.15, -0.1) is 0 Å². The molecule has 8 heteroatoms. The molecule has 2 rings (SSSR count).